The summed E-state index contributed by atoms with van der Waals surface area (Å²) in [6.07, 6.45) is 3.71. The van der Waals surface area contributed by atoms with Crippen molar-refractivity contribution in [1.29, 1.82) is 0 Å². The molecule has 1 saturated heterocycles. The Labute approximate surface area is 151 Å². The van der Waals surface area contributed by atoms with E-state index in [1.165, 1.54) is 0 Å². The van der Waals surface area contributed by atoms with Gasteiger partial charge in [-0.3, -0.25) is 9.59 Å². The Bertz CT molecular complexity index is 649. The van der Waals surface area contributed by atoms with Crippen molar-refractivity contribution in [2.24, 2.45) is 11.7 Å². The topological polar surface area (TPSA) is 75.4 Å². The smallest absolute Gasteiger partial charge is 0.256 e. The van der Waals surface area contributed by atoms with Gasteiger partial charge in [0.05, 0.1) is 10.6 Å². The van der Waals surface area contributed by atoms with Gasteiger partial charge in [0, 0.05) is 24.2 Å². The Morgan fingerprint density at radius 2 is 2.04 bits per heavy atom. The second-order valence-corrected chi connectivity index (χ2v) is 7.37. The van der Waals surface area contributed by atoms with Crippen LogP contribution in [0.2, 0.25) is 10.0 Å². The lowest BCUT2D eigenvalue weighted by Gasteiger charge is -2.25. The number of hydrogen-bond donors (Lipinski definition) is 2. The zero-order chi connectivity index (χ0) is 17.3. The molecule has 1 aromatic carbocycles. The third kappa shape index (κ3) is 3.85. The minimum atomic E-state index is -0.473. The molecular formula is C17H21Cl2N3O2. The second-order valence-electron chi connectivity index (χ2n) is 6.53. The molecule has 0 radical (unpaired) electrons. The molecule has 3 N–H and O–H groups in total. The number of halogens is 2. The standard InChI is InChI=1S/C17H21Cl2N3O2/c18-11-5-6-13(19)12(8-11)17(24)22-7-1-2-15(22)16(23)21-9-14(20)10-3-4-10/h5-6,8,10,14-15H,1-4,7,9,20H2,(H,21,23). The summed E-state index contributed by atoms with van der Waals surface area (Å²) in [5.41, 5.74) is 6.35. The molecule has 1 aliphatic carbocycles. The van der Waals surface area contributed by atoms with Crippen LogP contribution in [0.3, 0.4) is 0 Å². The maximum Gasteiger partial charge on any atom is 0.256 e. The highest BCUT2D eigenvalue weighted by molar-refractivity contribution is 6.35. The van der Waals surface area contributed by atoms with E-state index >= 15 is 0 Å². The zero-order valence-corrected chi connectivity index (χ0v) is 14.8. The number of rotatable bonds is 5. The fourth-order valence-electron chi connectivity index (χ4n) is 3.13. The first kappa shape index (κ1) is 17.5. The van der Waals surface area contributed by atoms with E-state index in [2.05, 4.69) is 5.32 Å². The van der Waals surface area contributed by atoms with E-state index in [4.69, 9.17) is 28.9 Å². The van der Waals surface area contributed by atoms with Crippen molar-refractivity contribution in [3.8, 4) is 0 Å². The quantitative estimate of drug-likeness (QED) is 0.836. The molecule has 3 rings (SSSR count). The Balaban J connectivity index is 1.66. The van der Waals surface area contributed by atoms with Crippen molar-refractivity contribution in [3.05, 3.63) is 33.8 Å². The molecule has 7 heteroatoms. The Morgan fingerprint density at radius 1 is 1.29 bits per heavy atom. The number of amides is 2. The molecule has 1 heterocycles. The van der Waals surface area contributed by atoms with Gasteiger partial charge in [0.1, 0.15) is 6.04 Å². The highest BCUT2D eigenvalue weighted by Crippen LogP contribution is 2.31. The number of nitrogens with two attached hydrogens (primary N) is 1. The van der Waals surface area contributed by atoms with Crippen LogP contribution in [-0.4, -0.2) is 41.9 Å². The van der Waals surface area contributed by atoms with Crippen LogP contribution >= 0.6 is 23.2 Å². The molecule has 2 unspecified atom stereocenters. The predicted octanol–water partition coefficient (Wildman–Crippen LogP) is 2.45. The van der Waals surface area contributed by atoms with Crippen LogP contribution in [0.15, 0.2) is 18.2 Å². The van der Waals surface area contributed by atoms with Gasteiger partial charge in [0.15, 0.2) is 0 Å². The number of carbonyl (C=O) groups excluding carboxylic acids is 2. The van der Waals surface area contributed by atoms with Gasteiger partial charge < -0.3 is 16.0 Å². The normalized spacial score (nSPS) is 21.6. The van der Waals surface area contributed by atoms with Gasteiger partial charge in [-0.2, -0.15) is 0 Å². The summed E-state index contributed by atoms with van der Waals surface area (Å²) >= 11 is 12.1. The molecule has 2 aliphatic rings. The molecule has 1 aliphatic heterocycles. The summed E-state index contributed by atoms with van der Waals surface area (Å²) in [5, 5.41) is 3.67. The van der Waals surface area contributed by atoms with Crippen molar-refractivity contribution in [2.75, 3.05) is 13.1 Å². The number of hydrogen-bond acceptors (Lipinski definition) is 3. The molecule has 2 amide bonds. The van der Waals surface area contributed by atoms with Gasteiger partial charge in [0.2, 0.25) is 5.91 Å². The number of nitrogens with one attached hydrogen (secondary N) is 1. The minimum Gasteiger partial charge on any atom is -0.353 e. The van der Waals surface area contributed by atoms with Crippen LogP contribution < -0.4 is 11.1 Å². The molecule has 2 fully saturated rings. The third-order valence-corrected chi connectivity index (χ3v) is 5.28. The van der Waals surface area contributed by atoms with Gasteiger partial charge >= 0.3 is 0 Å². The summed E-state index contributed by atoms with van der Waals surface area (Å²) in [4.78, 5) is 26.8. The van der Waals surface area contributed by atoms with E-state index in [0.29, 0.717) is 41.0 Å². The Morgan fingerprint density at radius 3 is 2.75 bits per heavy atom. The van der Waals surface area contributed by atoms with Crippen LogP contribution in [-0.2, 0) is 4.79 Å². The van der Waals surface area contributed by atoms with Crippen molar-refractivity contribution in [2.45, 2.75) is 37.8 Å². The molecule has 0 spiro atoms. The summed E-state index contributed by atoms with van der Waals surface area (Å²) in [6.45, 7) is 0.994. The van der Waals surface area contributed by atoms with Gasteiger partial charge in [-0.25, -0.2) is 0 Å². The molecule has 0 bridgehead atoms. The van der Waals surface area contributed by atoms with Crippen LogP contribution in [0.25, 0.3) is 0 Å². The molecule has 1 aromatic rings. The summed E-state index contributed by atoms with van der Waals surface area (Å²) in [5.74, 6) is 0.124. The first-order chi connectivity index (χ1) is 11.5. The number of likely N-dealkylation sites (tertiary alicyclic amines) is 1. The van der Waals surface area contributed by atoms with Crippen LogP contribution in [0, 0.1) is 5.92 Å². The number of nitrogens with zero attached hydrogens (tertiary/aromatic N) is 1. The predicted molar refractivity (Wildman–Crippen MR) is 94.2 cm³/mol. The van der Waals surface area contributed by atoms with Gasteiger partial charge in [-0.1, -0.05) is 23.2 Å². The van der Waals surface area contributed by atoms with Crippen molar-refractivity contribution in [3.63, 3.8) is 0 Å². The monoisotopic (exact) mass is 369 g/mol. The van der Waals surface area contributed by atoms with Crippen LogP contribution in [0.1, 0.15) is 36.0 Å². The van der Waals surface area contributed by atoms with E-state index in [-0.39, 0.29) is 17.9 Å². The van der Waals surface area contributed by atoms with E-state index in [9.17, 15) is 9.59 Å². The van der Waals surface area contributed by atoms with Crippen molar-refractivity contribution >= 4 is 35.0 Å². The third-order valence-electron chi connectivity index (χ3n) is 4.71. The van der Waals surface area contributed by atoms with Crippen molar-refractivity contribution in [1.82, 2.24) is 10.2 Å². The van der Waals surface area contributed by atoms with Crippen molar-refractivity contribution < 1.29 is 9.59 Å². The van der Waals surface area contributed by atoms with Gasteiger partial charge in [0.25, 0.3) is 5.91 Å². The van der Waals surface area contributed by atoms with E-state index < -0.39 is 6.04 Å². The highest BCUT2D eigenvalue weighted by Gasteiger charge is 2.36. The first-order valence-corrected chi connectivity index (χ1v) is 9.02. The minimum absolute atomic E-state index is 0.00174. The molecule has 2 atom stereocenters. The van der Waals surface area contributed by atoms with Crippen LogP contribution in [0.5, 0.6) is 0 Å². The molecule has 24 heavy (non-hydrogen) atoms. The molecule has 0 aromatic heterocycles. The van der Waals surface area contributed by atoms with Crippen LogP contribution in [0.4, 0.5) is 0 Å². The molecule has 5 nitrogen and oxygen atoms in total. The lowest BCUT2D eigenvalue weighted by molar-refractivity contribution is -0.124. The molecule has 1 saturated carbocycles. The summed E-state index contributed by atoms with van der Waals surface area (Å²) < 4.78 is 0. The lowest BCUT2D eigenvalue weighted by atomic mass is 10.1. The largest absolute Gasteiger partial charge is 0.353 e. The Hall–Kier alpha value is -1.30. The average molecular weight is 370 g/mol. The fourth-order valence-corrected chi connectivity index (χ4v) is 3.50. The van der Waals surface area contributed by atoms with E-state index in [1.807, 2.05) is 0 Å². The zero-order valence-electron chi connectivity index (χ0n) is 13.3. The SMILES string of the molecule is NC(CNC(=O)C1CCCN1C(=O)c1cc(Cl)ccc1Cl)C1CC1. The maximum absolute atomic E-state index is 12.8. The number of benzene rings is 1. The van der Waals surface area contributed by atoms with E-state index in [1.54, 1.807) is 23.1 Å². The Kier molecular flexibility index (Phi) is 5.33. The van der Waals surface area contributed by atoms with Gasteiger partial charge in [-0.15, -0.1) is 0 Å². The fraction of sp³-hybridized carbons (Fsp3) is 0.529. The molecule has 130 valence electrons. The van der Waals surface area contributed by atoms with Gasteiger partial charge in [-0.05, 0) is 49.8 Å². The average Bonchev–Trinajstić information content (AvgIpc) is 3.30. The molecular weight excluding hydrogens is 349 g/mol. The van der Waals surface area contributed by atoms with E-state index in [0.717, 1.165) is 19.3 Å². The maximum atomic E-state index is 12.8. The summed E-state index contributed by atoms with van der Waals surface area (Å²) in [6, 6.07) is 4.30. The number of carbonyl (C=O) groups is 2. The second kappa shape index (κ2) is 7.30. The summed E-state index contributed by atoms with van der Waals surface area (Å²) in [7, 11) is 0. The highest BCUT2D eigenvalue weighted by atomic mass is 35.5. The lowest BCUT2D eigenvalue weighted by Crippen LogP contribution is -2.49. The first-order valence-electron chi connectivity index (χ1n) is 8.26.